The van der Waals surface area contributed by atoms with Crippen LogP contribution < -0.4 is 14.8 Å². The lowest BCUT2D eigenvalue weighted by Gasteiger charge is -2.15. The van der Waals surface area contributed by atoms with Crippen LogP contribution in [0.2, 0.25) is 5.02 Å². The predicted octanol–water partition coefficient (Wildman–Crippen LogP) is 4.49. The van der Waals surface area contributed by atoms with Gasteiger partial charge in [0, 0.05) is 17.1 Å². The molecule has 0 amide bonds. The molecule has 130 valence electrons. The monoisotopic (exact) mass is 358 g/mol. The summed E-state index contributed by atoms with van der Waals surface area (Å²) in [4.78, 5) is 3.02. The van der Waals surface area contributed by atoms with Crippen LogP contribution in [0.3, 0.4) is 0 Å². The lowest BCUT2D eigenvalue weighted by atomic mass is 10.2. The number of hydrogen-bond acceptors (Lipinski definition) is 5. The lowest BCUT2D eigenvalue weighted by Crippen LogP contribution is -2.04. The van der Waals surface area contributed by atoms with E-state index in [1.807, 2.05) is 50.2 Å². The third-order valence-electron chi connectivity index (χ3n) is 3.65. The van der Waals surface area contributed by atoms with Crippen LogP contribution in [0, 0.1) is 13.8 Å². The fourth-order valence-electron chi connectivity index (χ4n) is 2.38. The standard InChI is InChI=1S/C18H19ClN4O2/c1-11-7-8-16(17(9-11)24-3)25-15-6-4-5-14(19)13(15)10-20-18-21-12(2)22-23-18/h4-9H,10H2,1-3H3,(H2,20,21,22,23). The number of aromatic amines is 1. The summed E-state index contributed by atoms with van der Waals surface area (Å²) < 4.78 is 11.5. The van der Waals surface area contributed by atoms with Crippen molar-refractivity contribution in [3.05, 3.63) is 58.4 Å². The number of rotatable bonds is 6. The molecule has 1 heterocycles. The van der Waals surface area contributed by atoms with E-state index in [4.69, 9.17) is 21.1 Å². The van der Waals surface area contributed by atoms with Crippen molar-refractivity contribution in [3.63, 3.8) is 0 Å². The summed E-state index contributed by atoms with van der Waals surface area (Å²) in [6.07, 6.45) is 0. The molecule has 0 atom stereocenters. The molecular weight excluding hydrogens is 340 g/mol. The molecule has 3 rings (SSSR count). The van der Waals surface area contributed by atoms with Crippen molar-refractivity contribution in [2.45, 2.75) is 20.4 Å². The molecule has 0 spiro atoms. The molecule has 0 unspecified atom stereocenters. The van der Waals surface area contributed by atoms with Gasteiger partial charge in [-0.1, -0.05) is 23.7 Å². The first-order valence-corrected chi connectivity index (χ1v) is 8.17. The van der Waals surface area contributed by atoms with Gasteiger partial charge in [0.2, 0.25) is 5.95 Å². The molecule has 2 N–H and O–H groups in total. The number of H-pyrrole nitrogens is 1. The maximum absolute atomic E-state index is 6.37. The van der Waals surface area contributed by atoms with Gasteiger partial charge in [-0.2, -0.15) is 0 Å². The summed E-state index contributed by atoms with van der Waals surface area (Å²) >= 11 is 6.37. The molecule has 0 bridgehead atoms. The highest BCUT2D eigenvalue weighted by molar-refractivity contribution is 6.31. The smallest absolute Gasteiger partial charge is 0.222 e. The fourth-order valence-corrected chi connectivity index (χ4v) is 2.61. The topological polar surface area (TPSA) is 72.1 Å². The van der Waals surface area contributed by atoms with Crippen LogP contribution in [0.1, 0.15) is 17.0 Å². The van der Waals surface area contributed by atoms with Gasteiger partial charge in [-0.25, -0.2) is 0 Å². The molecule has 0 aliphatic heterocycles. The van der Waals surface area contributed by atoms with Crippen molar-refractivity contribution >= 4 is 17.5 Å². The van der Waals surface area contributed by atoms with E-state index in [2.05, 4.69) is 20.5 Å². The van der Waals surface area contributed by atoms with Crippen molar-refractivity contribution in [1.82, 2.24) is 15.2 Å². The first-order chi connectivity index (χ1) is 12.1. The predicted molar refractivity (Wildman–Crippen MR) is 97.7 cm³/mol. The third-order valence-corrected chi connectivity index (χ3v) is 4.00. The van der Waals surface area contributed by atoms with Gasteiger partial charge >= 0.3 is 0 Å². The Morgan fingerprint density at radius 1 is 1.08 bits per heavy atom. The second kappa shape index (κ2) is 7.44. The van der Waals surface area contributed by atoms with Crippen LogP contribution in [0.25, 0.3) is 0 Å². The van der Waals surface area contributed by atoms with Crippen LogP contribution in [0.4, 0.5) is 5.95 Å². The number of benzene rings is 2. The lowest BCUT2D eigenvalue weighted by molar-refractivity contribution is 0.377. The van der Waals surface area contributed by atoms with E-state index in [1.54, 1.807) is 7.11 Å². The minimum absolute atomic E-state index is 0.442. The Kier molecular flexibility index (Phi) is 5.09. The molecule has 25 heavy (non-hydrogen) atoms. The van der Waals surface area contributed by atoms with Gasteiger partial charge in [-0.3, -0.25) is 0 Å². The Bertz CT molecular complexity index is 879. The average Bonchev–Trinajstić information content (AvgIpc) is 3.01. The van der Waals surface area contributed by atoms with Crippen LogP contribution in [0.15, 0.2) is 36.4 Å². The van der Waals surface area contributed by atoms with E-state index >= 15 is 0 Å². The zero-order valence-corrected chi connectivity index (χ0v) is 15.0. The minimum atomic E-state index is 0.442. The quantitative estimate of drug-likeness (QED) is 0.679. The summed E-state index contributed by atoms with van der Waals surface area (Å²) in [5.74, 6) is 3.27. The van der Waals surface area contributed by atoms with Gasteiger partial charge in [0.15, 0.2) is 11.5 Å². The van der Waals surface area contributed by atoms with Crippen LogP contribution in [0.5, 0.6) is 17.2 Å². The third kappa shape index (κ3) is 4.03. The normalized spacial score (nSPS) is 10.6. The highest BCUT2D eigenvalue weighted by atomic mass is 35.5. The number of nitrogens with one attached hydrogen (secondary N) is 2. The van der Waals surface area contributed by atoms with Crippen molar-refractivity contribution in [2.24, 2.45) is 0 Å². The first-order valence-electron chi connectivity index (χ1n) is 7.80. The summed E-state index contributed by atoms with van der Waals surface area (Å²) in [6.45, 7) is 4.28. The van der Waals surface area contributed by atoms with Crippen molar-refractivity contribution in [1.29, 1.82) is 0 Å². The first kappa shape index (κ1) is 17.1. The zero-order valence-electron chi connectivity index (χ0n) is 14.3. The summed E-state index contributed by atoms with van der Waals surface area (Å²) in [5, 5.41) is 11.7. The van der Waals surface area contributed by atoms with Gasteiger partial charge in [0.1, 0.15) is 11.6 Å². The SMILES string of the molecule is COc1cc(C)ccc1Oc1cccc(Cl)c1CNc1nnc(C)[nH]1. The average molecular weight is 359 g/mol. The van der Waals surface area contributed by atoms with Gasteiger partial charge in [0.05, 0.1) is 7.11 Å². The van der Waals surface area contributed by atoms with E-state index in [0.717, 1.165) is 17.0 Å². The Labute approximate surface area is 151 Å². The van der Waals surface area contributed by atoms with Crippen molar-refractivity contribution in [3.8, 4) is 17.2 Å². The summed E-state index contributed by atoms with van der Waals surface area (Å²) in [7, 11) is 1.62. The van der Waals surface area contributed by atoms with E-state index < -0.39 is 0 Å². The molecule has 6 nitrogen and oxygen atoms in total. The molecule has 0 saturated carbocycles. The van der Waals surface area contributed by atoms with E-state index in [0.29, 0.717) is 34.8 Å². The summed E-state index contributed by atoms with van der Waals surface area (Å²) in [6, 6.07) is 11.3. The number of methoxy groups -OCH3 is 1. The summed E-state index contributed by atoms with van der Waals surface area (Å²) in [5.41, 5.74) is 1.92. The van der Waals surface area contributed by atoms with Gasteiger partial charge < -0.3 is 19.8 Å². The highest BCUT2D eigenvalue weighted by Gasteiger charge is 2.13. The van der Waals surface area contributed by atoms with Gasteiger partial charge in [0.25, 0.3) is 0 Å². The van der Waals surface area contributed by atoms with Crippen LogP contribution in [-0.2, 0) is 6.54 Å². The van der Waals surface area contributed by atoms with E-state index in [9.17, 15) is 0 Å². The molecule has 2 aromatic carbocycles. The fraction of sp³-hybridized carbons (Fsp3) is 0.222. The molecule has 0 aliphatic carbocycles. The van der Waals surface area contributed by atoms with E-state index in [-0.39, 0.29) is 0 Å². The zero-order chi connectivity index (χ0) is 17.8. The Morgan fingerprint density at radius 3 is 2.64 bits per heavy atom. The molecular formula is C18H19ClN4O2. The number of halogens is 1. The Morgan fingerprint density at radius 2 is 1.92 bits per heavy atom. The number of aryl methyl sites for hydroxylation is 2. The Hall–Kier alpha value is -2.73. The van der Waals surface area contributed by atoms with Crippen molar-refractivity contribution < 1.29 is 9.47 Å². The second-order valence-corrected chi connectivity index (χ2v) is 5.99. The number of hydrogen-bond donors (Lipinski definition) is 2. The maximum Gasteiger partial charge on any atom is 0.222 e. The molecule has 3 aromatic rings. The van der Waals surface area contributed by atoms with Gasteiger partial charge in [-0.15, -0.1) is 10.2 Å². The van der Waals surface area contributed by atoms with Gasteiger partial charge in [-0.05, 0) is 43.7 Å². The molecule has 0 radical (unpaired) electrons. The van der Waals surface area contributed by atoms with Crippen LogP contribution >= 0.6 is 11.6 Å². The number of anilines is 1. The molecule has 0 fully saturated rings. The molecule has 7 heteroatoms. The van der Waals surface area contributed by atoms with E-state index in [1.165, 1.54) is 0 Å². The number of aromatic nitrogens is 3. The highest BCUT2D eigenvalue weighted by Crippen LogP contribution is 2.36. The van der Waals surface area contributed by atoms with Crippen molar-refractivity contribution in [2.75, 3.05) is 12.4 Å². The second-order valence-electron chi connectivity index (χ2n) is 5.59. The maximum atomic E-state index is 6.37. The Balaban J connectivity index is 1.85. The molecule has 0 saturated heterocycles. The largest absolute Gasteiger partial charge is 0.493 e. The van der Waals surface area contributed by atoms with Crippen LogP contribution in [-0.4, -0.2) is 22.3 Å². The minimum Gasteiger partial charge on any atom is -0.493 e. The molecule has 0 aliphatic rings. The number of nitrogens with zero attached hydrogens (tertiary/aromatic N) is 2. The number of ether oxygens (including phenoxy) is 2. The molecule has 1 aromatic heterocycles.